The maximum absolute atomic E-state index is 6.41. The average Bonchev–Trinajstić information content (AvgIpc) is 3.35. The summed E-state index contributed by atoms with van der Waals surface area (Å²) in [5.74, 6) is 0.358. The van der Waals surface area contributed by atoms with Crippen molar-refractivity contribution in [2.45, 2.75) is 19.6 Å². The summed E-state index contributed by atoms with van der Waals surface area (Å²) < 4.78 is 1.93. The first-order valence-electron chi connectivity index (χ1n) is 9.84. The topological polar surface area (TPSA) is 97.4 Å². The van der Waals surface area contributed by atoms with Crippen molar-refractivity contribution in [3.05, 3.63) is 80.9 Å². The van der Waals surface area contributed by atoms with Crippen molar-refractivity contribution in [1.29, 1.82) is 0 Å². The Balaban J connectivity index is 1.40. The van der Waals surface area contributed by atoms with Crippen molar-refractivity contribution in [2.75, 3.05) is 5.73 Å². The van der Waals surface area contributed by atoms with E-state index in [1.165, 1.54) is 6.33 Å². The fourth-order valence-corrected chi connectivity index (χ4v) is 4.56. The number of benzene rings is 2. The van der Waals surface area contributed by atoms with Crippen LogP contribution >= 0.6 is 34.8 Å². The van der Waals surface area contributed by atoms with Crippen LogP contribution in [0.2, 0.25) is 15.1 Å². The lowest BCUT2D eigenvalue weighted by molar-refractivity contribution is 0.683. The third-order valence-corrected chi connectivity index (χ3v) is 6.21. The minimum atomic E-state index is 0.358. The highest BCUT2D eigenvalue weighted by Crippen LogP contribution is 2.27. The molecule has 0 aliphatic heterocycles. The quantitative estimate of drug-likeness (QED) is 0.307. The van der Waals surface area contributed by atoms with Gasteiger partial charge < -0.3 is 20.6 Å². The van der Waals surface area contributed by atoms with E-state index in [9.17, 15) is 0 Å². The molecule has 5 rings (SSSR count). The largest absolute Gasteiger partial charge is 0.382 e. The summed E-state index contributed by atoms with van der Waals surface area (Å²) in [6.45, 7) is 1.71. The zero-order valence-electron chi connectivity index (χ0n) is 16.7. The molecule has 0 aliphatic carbocycles. The second kappa shape index (κ2) is 8.60. The number of halogens is 3. The maximum atomic E-state index is 6.41. The molecule has 0 unspecified atom stereocenters. The highest BCUT2D eigenvalue weighted by atomic mass is 35.5. The number of fused-ring (bicyclic) bond motifs is 2. The van der Waals surface area contributed by atoms with Gasteiger partial charge in [-0.1, -0.05) is 40.9 Å². The van der Waals surface area contributed by atoms with Gasteiger partial charge in [-0.2, -0.15) is 0 Å². The number of anilines is 1. The van der Waals surface area contributed by atoms with Crippen molar-refractivity contribution >= 4 is 62.7 Å². The number of hydrogen-bond acceptors (Lipinski definition) is 5. The zero-order chi connectivity index (χ0) is 22.2. The van der Waals surface area contributed by atoms with Gasteiger partial charge in [0.2, 0.25) is 0 Å². The first kappa shape index (κ1) is 21.0. The van der Waals surface area contributed by atoms with Crippen LogP contribution in [0.25, 0.3) is 22.1 Å². The van der Waals surface area contributed by atoms with E-state index in [1.807, 2.05) is 34.9 Å². The molecule has 0 atom stereocenters. The minimum absolute atomic E-state index is 0.358. The molecule has 4 N–H and O–H groups in total. The average molecular weight is 487 g/mol. The fourth-order valence-electron chi connectivity index (χ4n) is 3.78. The maximum Gasteiger partial charge on any atom is 0.165 e. The number of nitrogens with zero attached hydrogens (tertiary/aromatic N) is 4. The number of aromatic amines is 1. The van der Waals surface area contributed by atoms with E-state index in [4.69, 9.17) is 40.5 Å². The second-order valence-corrected chi connectivity index (χ2v) is 8.68. The third-order valence-electron chi connectivity index (χ3n) is 5.28. The highest BCUT2D eigenvalue weighted by molar-refractivity contribution is 6.36. The van der Waals surface area contributed by atoms with Gasteiger partial charge in [0.25, 0.3) is 0 Å². The first-order valence-corrected chi connectivity index (χ1v) is 11.0. The van der Waals surface area contributed by atoms with E-state index < -0.39 is 0 Å². The normalized spacial score (nSPS) is 11.6. The Morgan fingerprint density at radius 2 is 1.81 bits per heavy atom. The molecule has 0 spiro atoms. The van der Waals surface area contributed by atoms with Crippen LogP contribution in [-0.4, -0.2) is 24.5 Å². The lowest BCUT2D eigenvalue weighted by Crippen LogP contribution is -2.13. The number of rotatable bonds is 6. The zero-order valence-corrected chi connectivity index (χ0v) is 19.0. The molecule has 10 heteroatoms. The predicted octanol–water partition coefficient (Wildman–Crippen LogP) is 5.19. The monoisotopic (exact) mass is 485 g/mol. The number of nitrogen functional groups attached to an aromatic ring is 1. The van der Waals surface area contributed by atoms with E-state index in [-0.39, 0.29) is 0 Å². The summed E-state index contributed by atoms with van der Waals surface area (Å²) >= 11 is 18.9. The predicted molar refractivity (Wildman–Crippen MR) is 129 cm³/mol. The number of hydrogen-bond donors (Lipinski definition) is 3. The second-order valence-electron chi connectivity index (χ2n) is 7.43. The number of H-pyrrole nitrogens is 1. The summed E-state index contributed by atoms with van der Waals surface area (Å²) in [5, 5.41) is 6.37. The molecule has 5 aromatic rings. The molecule has 162 valence electrons. The smallest absolute Gasteiger partial charge is 0.165 e. The Morgan fingerprint density at radius 3 is 2.62 bits per heavy atom. The van der Waals surface area contributed by atoms with Gasteiger partial charge in [0.15, 0.2) is 11.5 Å². The standard InChI is InChI=1S/C22H18Cl3N7/c23-14-4-12-6-15(7-27-8-16-17(24)2-1-3-18(16)25)31-19(12)13(5-14)9-32-11-30-20-21(26)28-10-29-22(20)32/h1-6,10-11,27,31H,7-9H2,(H2,26,28,29). The fraction of sp³-hybridized carbons (Fsp3) is 0.136. The molecule has 0 fully saturated rings. The number of imidazole rings is 1. The van der Waals surface area contributed by atoms with Gasteiger partial charge in [-0.05, 0) is 35.9 Å². The molecular formula is C22H18Cl3N7. The van der Waals surface area contributed by atoms with Gasteiger partial charge >= 0.3 is 0 Å². The molecule has 0 saturated heterocycles. The lowest BCUT2D eigenvalue weighted by Gasteiger charge is -2.08. The molecule has 2 aromatic carbocycles. The van der Waals surface area contributed by atoms with Gasteiger partial charge in [-0.15, -0.1) is 0 Å². The van der Waals surface area contributed by atoms with Crippen molar-refractivity contribution in [3.8, 4) is 0 Å². The molecule has 0 radical (unpaired) electrons. The summed E-state index contributed by atoms with van der Waals surface area (Å²) in [4.78, 5) is 16.2. The number of nitrogens with one attached hydrogen (secondary N) is 2. The van der Waals surface area contributed by atoms with Crippen LogP contribution in [0.3, 0.4) is 0 Å². The molecule has 3 aromatic heterocycles. The van der Waals surface area contributed by atoms with Crippen LogP contribution in [0.1, 0.15) is 16.8 Å². The summed E-state index contributed by atoms with van der Waals surface area (Å²) in [6, 6.07) is 11.5. The van der Waals surface area contributed by atoms with E-state index >= 15 is 0 Å². The van der Waals surface area contributed by atoms with Crippen LogP contribution in [0.5, 0.6) is 0 Å². The molecule has 7 nitrogen and oxygen atoms in total. The molecule has 0 aliphatic rings. The third kappa shape index (κ3) is 4.00. The van der Waals surface area contributed by atoms with Crippen molar-refractivity contribution < 1.29 is 0 Å². The van der Waals surface area contributed by atoms with Crippen molar-refractivity contribution in [2.24, 2.45) is 0 Å². The number of aromatic nitrogens is 5. The van der Waals surface area contributed by atoms with E-state index in [2.05, 4.69) is 31.3 Å². The van der Waals surface area contributed by atoms with Gasteiger partial charge in [0.05, 0.1) is 18.4 Å². The van der Waals surface area contributed by atoms with E-state index in [0.29, 0.717) is 51.7 Å². The Kier molecular flexibility index (Phi) is 5.65. The van der Waals surface area contributed by atoms with E-state index in [0.717, 1.165) is 27.7 Å². The molecule has 0 saturated carbocycles. The first-order chi connectivity index (χ1) is 15.5. The molecule has 32 heavy (non-hydrogen) atoms. The van der Waals surface area contributed by atoms with Crippen LogP contribution in [0.4, 0.5) is 5.82 Å². The van der Waals surface area contributed by atoms with Gasteiger partial charge in [0.1, 0.15) is 11.8 Å². The molecule has 3 heterocycles. The van der Waals surface area contributed by atoms with Gasteiger partial charge in [-0.3, -0.25) is 0 Å². The molecule has 0 bridgehead atoms. The molecular weight excluding hydrogens is 469 g/mol. The van der Waals surface area contributed by atoms with Crippen LogP contribution < -0.4 is 11.1 Å². The van der Waals surface area contributed by atoms with E-state index in [1.54, 1.807) is 6.33 Å². The number of nitrogens with two attached hydrogens (primary N) is 1. The van der Waals surface area contributed by atoms with Crippen LogP contribution in [-0.2, 0) is 19.6 Å². The van der Waals surface area contributed by atoms with Gasteiger partial charge in [-0.25, -0.2) is 15.0 Å². The van der Waals surface area contributed by atoms with Gasteiger partial charge in [0, 0.05) is 44.8 Å². The SMILES string of the molecule is Nc1ncnc2c1ncn2Cc1cc(Cl)cc2cc(CNCc3c(Cl)cccc3Cl)[nH]c12. The molecule has 0 amide bonds. The summed E-state index contributed by atoms with van der Waals surface area (Å²) in [5.41, 5.74) is 11.1. The van der Waals surface area contributed by atoms with Crippen LogP contribution in [0.15, 0.2) is 49.1 Å². The Labute approximate surface area is 198 Å². The summed E-state index contributed by atoms with van der Waals surface area (Å²) in [6.07, 6.45) is 3.15. The van der Waals surface area contributed by atoms with Crippen LogP contribution in [0, 0.1) is 0 Å². The van der Waals surface area contributed by atoms with Crippen molar-refractivity contribution in [3.63, 3.8) is 0 Å². The summed E-state index contributed by atoms with van der Waals surface area (Å²) in [7, 11) is 0. The Hall–Kier alpha value is -2.84. The lowest BCUT2D eigenvalue weighted by atomic mass is 10.1. The minimum Gasteiger partial charge on any atom is -0.382 e. The Morgan fingerprint density at radius 1 is 1.00 bits per heavy atom. The van der Waals surface area contributed by atoms with Crippen molar-refractivity contribution in [1.82, 2.24) is 29.8 Å². The highest BCUT2D eigenvalue weighted by Gasteiger charge is 2.13. The Bertz CT molecular complexity index is 1420.